The van der Waals surface area contributed by atoms with Crippen LogP contribution in [-0.2, 0) is 4.74 Å². The topological polar surface area (TPSA) is 50.1 Å². The van der Waals surface area contributed by atoms with Crippen LogP contribution in [-0.4, -0.2) is 13.1 Å². The molecule has 0 amide bonds. The van der Waals surface area contributed by atoms with E-state index in [0.29, 0.717) is 0 Å². The third kappa shape index (κ3) is 1.91. The number of hydrogen-bond donors (Lipinski definition) is 0. The van der Waals surface area contributed by atoms with Crippen molar-refractivity contribution in [3.05, 3.63) is 33.5 Å². The Morgan fingerprint density at radius 2 is 2.29 bits per heavy atom. The first-order chi connectivity index (χ1) is 6.60. The second-order valence-electron chi connectivity index (χ2n) is 2.42. The normalized spacial score (nSPS) is 9.29. The maximum Gasteiger partial charge on any atom is 0.339 e. The first-order valence-corrected chi connectivity index (χ1v) is 4.37. The van der Waals surface area contributed by atoms with Crippen molar-refractivity contribution in [2.75, 3.05) is 7.11 Å². The summed E-state index contributed by atoms with van der Waals surface area (Å²) in [4.78, 5) is 11.1. The van der Waals surface area contributed by atoms with Crippen LogP contribution in [0.3, 0.4) is 0 Å². The standard InChI is InChI=1S/C9H5BrFNO2/c1-14-9(13)6-3-8(11)7(10)2-5(6)4-12/h2-3H,1H3. The van der Waals surface area contributed by atoms with Gasteiger partial charge in [0.1, 0.15) is 11.9 Å². The molecule has 72 valence electrons. The zero-order chi connectivity index (χ0) is 10.7. The largest absolute Gasteiger partial charge is 0.465 e. The van der Waals surface area contributed by atoms with E-state index in [2.05, 4.69) is 20.7 Å². The van der Waals surface area contributed by atoms with E-state index < -0.39 is 11.8 Å². The molecule has 0 N–H and O–H groups in total. The highest BCUT2D eigenvalue weighted by Crippen LogP contribution is 2.20. The average Bonchev–Trinajstić information content (AvgIpc) is 2.20. The first-order valence-electron chi connectivity index (χ1n) is 3.57. The van der Waals surface area contributed by atoms with E-state index in [-0.39, 0.29) is 15.6 Å². The van der Waals surface area contributed by atoms with Gasteiger partial charge in [-0.15, -0.1) is 0 Å². The molecule has 14 heavy (non-hydrogen) atoms. The highest BCUT2D eigenvalue weighted by Gasteiger charge is 2.14. The fourth-order valence-corrected chi connectivity index (χ4v) is 1.26. The smallest absolute Gasteiger partial charge is 0.339 e. The van der Waals surface area contributed by atoms with Crippen molar-refractivity contribution in [3.63, 3.8) is 0 Å². The molecule has 1 aromatic carbocycles. The first kappa shape index (κ1) is 10.7. The molecule has 0 spiro atoms. The van der Waals surface area contributed by atoms with E-state index in [4.69, 9.17) is 5.26 Å². The van der Waals surface area contributed by atoms with E-state index in [1.807, 2.05) is 0 Å². The number of methoxy groups -OCH3 is 1. The lowest BCUT2D eigenvalue weighted by atomic mass is 10.1. The van der Waals surface area contributed by atoms with E-state index >= 15 is 0 Å². The van der Waals surface area contributed by atoms with Crippen LogP contribution in [0.25, 0.3) is 0 Å². The maximum atomic E-state index is 13.0. The Morgan fingerprint density at radius 1 is 1.64 bits per heavy atom. The molecule has 0 saturated carbocycles. The number of carbonyl (C=O) groups excluding carboxylic acids is 1. The van der Waals surface area contributed by atoms with Crippen molar-refractivity contribution in [2.45, 2.75) is 0 Å². The summed E-state index contributed by atoms with van der Waals surface area (Å²) in [6.45, 7) is 0. The molecule has 0 saturated heterocycles. The number of nitrogens with zero attached hydrogens (tertiary/aromatic N) is 1. The van der Waals surface area contributed by atoms with Crippen LogP contribution in [0.15, 0.2) is 16.6 Å². The molecule has 0 fully saturated rings. The van der Waals surface area contributed by atoms with Crippen LogP contribution in [0.5, 0.6) is 0 Å². The second kappa shape index (κ2) is 4.20. The summed E-state index contributed by atoms with van der Waals surface area (Å²) in [6, 6.07) is 3.99. The van der Waals surface area contributed by atoms with Crippen molar-refractivity contribution in [1.82, 2.24) is 0 Å². The maximum absolute atomic E-state index is 13.0. The highest BCUT2D eigenvalue weighted by molar-refractivity contribution is 9.10. The van der Waals surface area contributed by atoms with Crippen LogP contribution in [0.2, 0.25) is 0 Å². The minimum atomic E-state index is -0.729. The minimum Gasteiger partial charge on any atom is -0.465 e. The number of halogens is 2. The quantitative estimate of drug-likeness (QED) is 0.726. The van der Waals surface area contributed by atoms with Gasteiger partial charge < -0.3 is 4.74 Å². The molecule has 0 bridgehead atoms. The van der Waals surface area contributed by atoms with Crippen LogP contribution in [0, 0.1) is 17.1 Å². The highest BCUT2D eigenvalue weighted by atomic mass is 79.9. The Kier molecular flexibility index (Phi) is 3.20. The summed E-state index contributed by atoms with van der Waals surface area (Å²) in [7, 11) is 1.17. The summed E-state index contributed by atoms with van der Waals surface area (Å²) in [6.07, 6.45) is 0. The fourth-order valence-electron chi connectivity index (χ4n) is 0.918. The second-order valence-corrected chi connectivity index (χ2v) is 3.27. The number of esters is 1. The Morgan fingerprint density at radius 3 is 2.79 bits per heavy atom. The van der Waals surface area contributed by atoms with Gasteiger partial charge in [0.2, 0.25) is 0 Å². The van der Waals surface area contributed by atoms with E-state index in [0.717, 1.165) is 6.07 Å². The number of hydrogen-bond acceptors (Lipinski definition) is 3. The summed E-state index contributed by atoms with van der Waals surface area (Å²) in [5, 5.41) is 8.68. The van der Waals surface area contributed by atoms with Gasteiger partial charge in [-0.05, 0) is 28.1 Å². The molecule has 0 aliphatic heterocycles. The van der Waals surface area contributed by atoms with Gasteiger partial charge in [0, 0.05) is 0 Å². The molecule has 0 radical (unpaired) electrons. The average molecular weight is 258 g/mol. The predicted molar refractivity (Wildman–Crippen MR) is 50.2 cm³/mol. The van der Waals surface area contributed by atoms with Gasteiger partial charge in [0.25, 0.3) is 0 Å². The Hall–Kier alpha value is -1.41. The number of carbonyl (C=O) groups is 1. The van der Waals surface area contributed by atoms with Gasteiger partial charge in [-0.3, -0.25) is 0 Å². The fraction of sp³-hybridized carbons (Fsp3) is 0.111. The summed E-state index contributed by atoms with van der Waals surface area (Å²) in [5.74, 6) is -1.34. The minimum absolute atomic E-state index is 0.0734. The Bertz CT molecular complexity index is 426. The van der Waals surface area contributed by atoms with E-state index in [1.165, 1.54) is 13.2 Å². The molecular weight excluding hydrogens is 253 g/mol. The summed E-state index contributed by atoms with van der Waals surface area (Å²) >= 11 is 2.91. The third-order valence-electron chi connectivity index (χ3n) is 1.59. The van der Waals surface area contributed by atoms with Gasteiger partial charge in [-0.25, -0.2) is 9.18 Å². The number of rotatable bonds is 1. The Labute approximate surface area is 88.2 Å². The van der Waals surface area contributed by atoms with Crippen LogP contribution >= 0.6 is 15.9 Å². The zero-order valence-corrected chi connectivity index (χ0v) is 8.76. The van der Waals surface area contributed by atoms with E-state index in [1.54, 1.807) is 6.07 Å². The van der Waals surface area contributed by atoms with Gasteiger partial charge in [-0.1, -0.05) is 0 Å². The molecule has 3 nitrogen and oxygen atoms in total. The molecule has 0 aliphatic rings. The zero-order valence-electron chi connectivity index (χ0n) is 7.17. The molecule has 0 atom stereocenters. The SMILES string of the molecule is COC(=O)c1cc(F)c(Br)cc1C#N. The van der Waals surface area contributed by atoms with Crippen LogP contribution < -0.4 is 0 Å². The summed E-state index contributed by atoms with van der Waals surface area (Å²) in [5.41, 5.74) is 0.000764. The number of ether oxygens (including phenoxy) is 1. The van der Waals surface area contributed by atoms with Gasteiger partial charge in [-0.2, -0.15) is 5.26 Å². The van der Waals surface area contributed by atoms with Crippen LogP contribution in [0.1, 0.15) is 15.9 Å². The van der Waals surface area contributed by atoms with E-state index in [9.17, 15) is 9.18 Å². The predicted octanol–water partition coefficient (Wildman–Crippen LogP) is 2.25. The molecule has 5 heteroatoms. The lowest BCUT2D eigenvalue weighted by Gasteiger charge is -2.02. The van der Waals surface area contributed by atoms with Crippen molar-refractivity contribution in [3.8, 4) is 6.07 Å². The molecule has 1 aromatic rings. The number of benzene rings is 1. The number of nitriles is 1. The molecular formula is C9H5BrFNO2. The van der Waals surface area contributed by atoms with Gasteiger partial charge >= 0.3 is 5.97 Å². The molecule has 0 aliphatic carbocycles. The monoisotopic (exact) mass is 257 g/mol. The van der Waals surface area contributed by atoms with Crippen molar-refractivity contribution in [2.24, 2.45) is 0 Å². The third-order valence-corrected chi connectivity index (χ3v) is 2.19. The molecule has 0 heterocycles. The molecule has 0 unspecified atom stereocenters. The van der Waals surface area contributed by atoms with Gasteiger partial charge in [0.05, 0.1) is 22.7 Å². The van der Waals surface area contributed by atoms with Crippen molar-refractivity contribution in [1.29, 1.82) is 5.26 Å². The van der Waals surface area contributed by atoms with Gasteiger partial charge in [0.15, 0.2) is 0 Å². The summed E-state index contributed by atoms with van der Waals surface area (Å²) < 4.78 is 17.6. The Balaban J connectivity index is 3.36. The van der Waals surface area contributed by atoms with Crippen LogP contribution in [0.4, 0.5) is 4.39 Å². The lowest BCUT2D eigenvalue weighted by molar-refractivity contribution is 0.0600. The van der Waals surface area contributed by atoms with Crippen molar-refractivity contribution < 1.29 is 13.9 Å². The molecule has 0 aromatic heterocycles. The van der Waals surface area contributed by atoms with Crippen molar-refractivity contribution >= 4 is 21.9 Å². The molecule has 1 rings (SSSR count). The lowest BCUT2D eigenvalue weighted by Crippen LogP contribution is -2.05.